The van der Waals surface area contributed by atoms with Gasteiger partial charge in [-0.25, -0.2) is 4.79 Å². The molecule has 1 rings (SSSR count). The molecular formula is C15H19NO4. The van der Waals surface area contributed by atoms with E-state index in [-0.39, 0.29) is 0 Å². The number of nitrogens with one attached hydrogen (secondary N) is 1. The highest BCUT2D eigenvalue weighted by Gasteiger charge is 2.19. The first kappa shape index (κ1) is 15.7. The van der Waals surface area contributed by atoms with Gasteiger partial charge in [0.05, 0.1) is 19.9 Å². The highest BCUT2D eigenvalue weighted by Crippen LogP contribution is 2.36. The lowest BCUT2D eigenvalue weighted by atomic mass is 10.1. The molecule has 0 aliphatic heterocycles. The molecule has 0 aliphatic carbocycles. The molecule has 0 radical (unpaired) electrons. The minimum Gasteiger partial charge on any atom is -0.493 e. The molecule has 0 aliphatic rings. The van der Waals surface area contributed by atoms with Gasteiger partial charge in [0, 0.05) is 5.56 Å². The fourth-order valence-electron chi connectivity index (χ4n) is 1.55. The second-order valence-electron chi connectivity index (χ2n) is 5.03. The molecule has 0 fully saturated rings. The monoisotopic (exact) mass is 277 g/mol. The van der Waals surface area contributed by atoms with Crippen LogP contribution in [-0.2, 0) is 4.74 Å². The highest BCUT2D eigenvalue weighted by atomic mass is 16.6. The van der Waals surface area contributed by atoms with Crippen LogP contribution in [0.15, 0.2) is 12.1 Å². The Morgan fingerprint density at radius 3 is 2.35 bits per heavy atom. The zero-order valence-electron chi connectivity index (χ0n) is 12.4. The first-order valence-corrected chi connectivity index (χ1v) is 6.03. The molecule has 0 bridgehead atoms. The fourth-order valence-corrected chi connectivity index (χ4v) is 1.55. The Morgan fingerprint density at radius 2 is 1.90 bits per heavy atom. The quantitative estimate of drug-likeness (QED) is 0.863. The minimum atomic E-state index is -0.592. The van der Waals surface area contributed by atoms with Gasteiger partial charge < -0.3 is 14.2 Å². The van der Waals surface area contributed by atoms with Crippen molar-refractivity contribution in [3.63, 3.8) is 0 Å². The minimum absolute atomic E-state index is 0.386. The van der Waals surface area contributed by atoms with Gasteiger partial charge in [0.15, 0.2) is 11.5 Å². The predicted molar refractivity (Wildman–Crippen MR) is 77.3 cm³/mol. The Bertz CT molecular complexity index is 538. The number of hydrogen-bond donors (Lipinski definition) is 1. The topological polar surface area (TPSA) is 56.8 Å². The number of hydrogen-bond acceptors (Lipinski definition) is 4. The number of rotatable bonds is 3. The van der Waals surface area contributed by atoms with Gasteiger partial charge in [-0.1, -0.05) is 5.92 Å². The van der Waals surface area contributed by atoms with Crippen molar-refractivity contribution in [1.82, 2.24) is 0 Å². The van der Waals surface area contributed by atoms with Crippen LogP contribution in [0.25, 0.3) is 0 Å². The molecule has 1 N–H and O–H groups in total. The molecule has 0 aromatic heterocycles. The summed E-state index contributed by atoms with van der Waals surface area (Å²) >= 11 is 0. The summed E-state index contributed by atoms with van der Waals surface area (Å²) in [6.07, 6.45) is 4.79. The Balaban J connectivity index is 3.10. The summed E-state index contributed by atoms with van der Waals surface area (Å²) < 4.78 is 15.6. The third-order valence-corrected chi connectivity index (χ3v) is 2.28. The van der Waals surface area contributed by atoms with E-state index in [0.717, 1.165) is 0 Å². The van der Waals surface area contributed by atoms with Crippen molar-refractivity contribution < 1.29 is 19.0 Å². The molecule has 0 unspecified atom stereocenters. The average molecular weight is 277 g/mol. The predicted octanol–water partition coefficient (Wildman–Crippen LogP) is 3.03. The molecule has 5 heteroatoms. The standard InChI is InChI=1S/C15H19NO4/c1-7-10-8-11(13(19-6)12(9-10)18-5)16-14(17)20-15(2,3)4/h1,8-9H,2-6H3,(H,16,17). The molecule has 20 heavy (non-hydrogen) atoms. The number of carbonyl (C=O) groups excluding carboxylic acids is 1. The Labute approximate surface area is 119 Å². The third kappa shape index (κ3) is 4.09. The Kier molecular flexibility index (Phi) is 4.87. The van der Waals surface area contributed by atoms with Crippen molar-refractivity contribution in [2.45, 2.75) is 26.4 Å². The second kappa shape index (κ2) is 6.20. The number of benzene rings is 1. The Hall–Kier alpha value is -2.35. The van der Waals surface area contributed by atoms with Crippen molar-refractivity contribution in [2.75, 3.05) is 19.5 Å². The van der Waals surface area contributed by atoms with Crippen LogP contribution >= 0.6 is 0 Å². The zero-order valence-corrected chi connectivity index (χ0v) is 12.4. The van der Waals surface area contributed by atoms with E-state index >= 15 is 0 Å². The smallest absolute Gasteiger partial charge is 0.412 e. The van der Waals surface area contributed by atoms with E-state index in [2.05, 4.69) is 11.2 Å². The Morgan fingerprint density at radius 1 is 1.25 bits per heavy atom. The van der Waals surface area contributed by atoms with Crippen molar-refractivity contribution in [3.8, 4) is 23.8 Å². The van der Waals surface area contributed by atoms with Gasteiger partial charge in [-0.2, -0.15) is 0 Å². The van der Waals surface area contributed by atoms with Gasteiger partial charge in [-0.3, -0.25) is 5.32 Å². The number of ether oxygens (including phenoxy) is 3. The molecule has 0 spiro atoms. The average Bonchev–Trinajstić information content (AvgIpc) is 2.35. The summed E-state index contributed by atoms with van der Waals surface area (Å²) in [5.74, 6) is 3.31. The second-order valence-corrected chi connectivity index (χ2v) is 5.03. The van der Waals surface area contributed by atoms with Crippen molar-refractivity contribution in [1.29, 1.82) is 0 Å². The lowest BCUT2D eigenvalue weighted by Gasteiger charge is -2.21. The van der Waals surface area contributed by atoms with Crippen LogP contribution in [0.3, 0.4) is 0 Å². The van der Waals surface area contributed by atoms with E-state index < -0.39 is 11.7 Å². The fraction of sp³-hybridized carbons (Fsp3) is 0.400. The summed E-state index contributed by atoms with van der Waals surface area (Å²) in [6.45, 7) is 5.34. The van der Waals surface area contributed by atoms with Crippen LogP contribution < -0.4 is 14.8 Å². The van der Waals surface area contributed by atoms with Gasteiger partial charge in [-0.15, -0.1) is 6.42 Å². The van der Waals surface area contributed by atoms with E-state index in [1.807, 2.05) is 0 Å². The molecule has 0 saturated heterocycles. The number of terminal acetylenes is 1. The molecule has 1 amide bonds. The molecule has 0 heterocycles. The lowest BCUT2D eigenvalue weighted by Crippen LogP contribution is -2.27. The highest BCUT2D eigenvalue weighted by molar-refractivity contribution is 5.88. The molecule has 0 saturated carbocycles. The van der Waals surface area contributed by atoms with Crippen molar-refractivity contribution >= 4 is 11.8 Å². The van der Waals surface area contributed by atoms with Crippen LogP contribution in [-0.4, -0.2) is 25.9 Å². The van der Waals surface area contributed by atoms with E-state index in [9.17, 15) is 4.79 Å². The SMILES string of the molecule is C#Cc1cc(NC(=O)OC(C)(C)C)c(OC)c(OC)c1. The normalized spacial score (nSPS) is 10.4. The van der Waals surface area contributed by atoms with Crippen molar-refractivity contribution in [2.24, 2.45) is 0 Å². The first-order valence-electron chi connectivity index (χ1n) is 6.03. The van der Waals surface area contributed by atoms with E-state index in [1.165, 1.54) is 14.2 Å². The van der Waals surface area contributed by atoms with Crippen LogP contribution in [0.4, 0.5) is 10.5 Å². The summed E-state index contributed by atoms with van der Waals surface area (Å²) in [5.41, 5.74) is 0.369. The molecule has 1 aromatic rings. The molecule has 1 aromatic carbocycles. The van der Waals surface area contributed by atoms with E-state index in [4.69, 9.17) is 20.6 Å². The number of amides is 1. The summed E-state index contributed by atoms with van der Waals surface area (Å²) in [6, 6.07) is 3.27. The van der Waals surface area contributed by atoms with Crippen LogP contribution in [0.2, 0.25) is 0 Å². The summed E-state index contributed by atoms with van der Waals surface area (Å²) in [7, 11) is 2.98. The van der Waals surface area contributed by atoms with Gasteiger partial charge in [-0.05, 0) is 32.9 Å². The maximum Gasteiger partial charge on any atom is 0.412 e. The first-order chi connectivity index (χ1) is 9.30. The van der Waals surface area contributed by atoms with Gasteiger partial charge >= 0.3 is 6.09 Å². The lowest BCUT2D eigenvalue weighted by molar-refractivity contribution is 0.0635. The number of anilines is 1. The molecule has 0 atom stereocenters. The van der Waals surface area contributed by atoms with Crippen LogP contribution in [0.1, 0.15) is 26.3 Å². The summed E-state index contributed by atoms with van der Waals surface area (Å²) in [4.78, 5) is 11.8. The van der Waals surface area contributed by atoms with Gasteiger partial charge in [0.25, 0.3) is 0 Å². The maximum absolute atomic E-state index is 11.8. The van der Waals surface area contributed by atoms with Crippen LogP contribution in [0, 0.1) is 12.3 Å². The zero-order chi connectivity index (χ0) is 15.3. The van der Waals surface area contributed by atoms with E-state index in [1.54, 1.807) is 32.9 Å². The summed E-state index contributed by atoms with van der Waals surface area (Å²) in [5, 5.41) is 2.61. The van der Waals surface area contributed by atoms with Crippen LogP contribution in [0.5, 0.6) is 11.5 Å². The van der Waals surface area contributed by atoms with E-state index in [0.29, 0.717) is 22.7 Å². The molecule has 5 nitrogen and oxygen atoms in total. The third-order valence-electron chi connectivity index (χ3n) is 2.28. The van der Waals surface area contributed by atoms with Gasteiger partial charge in [0.2, 0.25) is 0 Å². The van der Waals surface area contributed by atoms with Gasteiger partial charge in [0.1, 0.15) is 5.60 Å². The molecule has 108 valence electrons. The number of carbonyl (C=O) groups is 1. The van der Waals surface area contributed by atoms with Crippen molar-refractivity contribution in [3.05, 3.63) is 17.7 Å². The maximum atomic E-state index is 11.8. The molecular weight excluding hydrogens is 258 g/mol. The number of methoxy groups -OCH3 is 2. The largest absolute Gasteiger partial charge is 0.493 e.